The maximum absolute atomic E-state index is 12.4. The van der Waals surface area contributed by atoms with Gasteiger partial charge in [0.15, 0.2) is 11.4 Å². The van der Waals surface area contributed by atoms with Crippen LogP contribution < -0.4 is 5.32 Å². The number of carbonyl (C=O) groups is 1. The van der Waals surface area contributed by atoms with Crippen molar-refractivity contribution in [1.29, 1.82) is 0 Å². The predicted octanol–water partition coefficient (Wildman–Crippen LogP) is 4.58. The molecule has 1 aliphatic heterocycles. The monoisotopic (exact) mass is 530 g/mol. The molecule has 4 aromatic rings. The lowest BCUT2D eigenvalue weighted by Gasteiger charge is -2.36. The van der Waals surface area contributed by atoms with E-state index in [0.717, 1.165) is 27.4 Å². The molecule has 0 spiro atoms. The van der Waals surface area contributed by atoms with Crippen LogP contribution in [0.3, 0.4) is 0 Å². The van der Waals surface area contributed by atoms with Gasteiger partial charge in [0.25, 0.3) is 5.91 Å². The topological polar surface area (TPSA) is 98.5 Å². The van der Waals surface area contributed by atoms with E-state index in [9.17, 15) is 9.90 Å². The molecular formula is C29H30N4O4S. The van der Waals surface area contributed by atoms with Crippen molar-refractivity contribution in [3.63, 3.8) is 0 Å². The Balaban J connectivity index is 1.27. The molecule has 0 aliphatic carbocycles. The number of aliphatic hydroxyl groups is 1. The van der Waals surface area contributed by atoms with Gasteiger partial charge in [0.2, 0.25) is 0 Å². The molecule has 196 valence electrons. The van der Waals surface area contributed by atoms with Crippen LogP contribution in [0.1, 0.15) is 51.4 Å². The Morgan fingerprint density at radius 1 is 1.00 bits per heavy atom. The zero-order valence-corrected chi connectivity index (χ0v) is 21.9. The first-order valence-corrected chi connectivity index (χ1v) is 13.5. The number of nitrogens with zero attached hydrogens (tertiary/aromatic N) is 3. The minimum absolute atomic E-state index is 0.00660. The SMILES string of the molecule is Cn1cnnc1SC[C@H]1C[C@@H](c2ccc(CO)cc2)O[C@@H](c2ccc(CNC(=O)c3ccccc3)cc2)O1. The Kier molecular flexibility index (Phi) is 8.50. The Labute approximate surface area is 226 Å². The molecule has 3 aromatic carbocycles. The van der Waals surface area contributed by atoms with Crippen LogP contribution in [0.4, 0.5) is 0 Å². The van der Waals surface area contributed by atoms with Gasteiger partial charge in [-0.1, -0.05) is 78.5 Å². The third-order valence-electron chi connectivity index (χ3n) is 6.42. The zero-order valence-electron chi connectivity index (χ0n) is 21.1. The van der Waals surface area contributed by atoms with E-state index in [1.54, 1.807) is 30.2 Å². The number of hydrogen-bond acceptors (Lipinski definition) is 7. The number of rotatable bonds is 9. The van der Waals surface area contributed by atoms with Crippen LogP contribution in [-0.2, 0) is 29.7 Å². The molecule has 0 radical (unpaired) electrons. The second-order valence-corrected chi connectivity index (χ2v) is 10.2. The lowest BCUT2D eigenvalue weighted by Crippen LogP contribution is -2.31. The van der Waals surface area contributed by atoms with Gasteiger partial charge in [-0.15, -0.1) is 10.2 Å². The van der Waals surface area contributed by atoms with E-state index in [2.05, 4.69) is 15.5 Å². The number of aryl methyl sites for hydroxylation is 1. The first kappa shape index (κ1) is 26.1. The second kappa shape index (κ2) is 12.4. The summed E-state index contributed by atoms with van der Waals surface area (Å²) in [4.78, 5) is 12.4. The average Bonchev–Trinajstić information content (AvgIpc) is 3.39. The minimum Gasteiger partial charge on any atom is -0.392 e. The van der Waals surface area contributed by atoms with Crippen LogP contribution in [0.25, 0.3) is 0 Å². The summed E-state index contributed by atoms with van der Waals surface area (Å²) in [7, 11) is 1.92. The molecule has 2 N–H and O–H groups in total. The summed E-state index contributed by atoms with van der Waals surface area (Å²) in [5.74, 6) is 0.605. The number of carbonyl (C=O) groups excluding carboxylic acids is 1. The molecule has 5 rings (SSSR count). The number of hydrogen-bond donors (Lipinski definition) is 2. The molecule has 1 aromatic heterocycles. The van der Waals surface area contributed by atoms with E-state index in [1.165, 1.54) is 0 Å². The number of aromatic nitrogens is 3. The quantitative estimate of drug-likeness (QED) is 0.306. The van der Waals surface area contributed by atoms with Crippen molar-refractivity contribution in [2.45, 2.75) is 43.2 Å². The van der Waals surface area contributed by atoms with Crippen LogP contribution in [0.15, 0.2) is 90.3 Å². The summed E-state index contributed by atoms with van der Waals surface area (Å²) in [5.41, 5.74) is 4.44. The molecule has 0 saturated carbocycles. The fraction of sp³-hybridized carbons (Fsp3) is 0.276. The van der Waals surface area contributed by atoms with Crippen molar-refractivity contribution < 1.29 is 19.4 Å². The molecule has 8 nitrogen and oxygen atoms in total. The van der Waals surface area contributed by atoms with Gasteiger partial charge in [-0.2, -0.15) is 0 Å². The fourth-order valence-electron chi connectivity index (χ4n) is 4.26. The maximum atomic E-state index is 12.4. The summed E-state index contributed by atoms with van der Waals surface area (Å²) in [5, 5.41) is 21.3. The molecular weight excluding hydrogens is 500 g/mol. The van der Waals surface area contributed by atoms with Crippen molar-refractivity contribution in [3.05, 3.63) is 113 Å². The molecule has 38 heavy (non-hydrogen) atoms. The van der Waals surface area contributed by atoms with Crippen LogP contribution in [0.5, 0.6) is 0 Å². The van der Waals surface area contributed by atoms with E-state index in [-0.39, 0.29) is 24.7 Å². The molecule has 3 atom stereocenters. The highest BCUT2D eigenvalue weighted by Crippen LogP contribution is 2.39. The summed E-state index contributed by atoms with van der Waals surface area (Å²) in [6.45, 7) is 0.434. The van der Waals surface area contributed by atoms with Gasteiger partial charge >= 0.3 is 0 Å². The van der Waals surface area contributed by atoms with Crippen molar-refractivity contribution in [2.24, 2.45) is 7.05 Å². The Bertz CT molecular complexity index is 1330. The van der Waals surface area contributed by atoms with Crippen LogP contribution >= 0.6 is 11.8 Å². The van der Waals surface area contributed by atoms with Crippen LogP contribution in [0, 0.1) is 0 Å². The largest absolute Gasteiger partial charge is 0.392 e. The molecule has 9 heteroatoms. The predicted molar refractivity (Wildman–Crippen MR) is 144 cm³/mol. The molecule has 2 heterocycles. The van der Waals surface area contributed by atoms with Gasteiger partial charge in [-0.3, -0.25) is 4.79 Å². The Morgan fingerprint density at radius 2 is 1.71 bits per heavy atom. The number of ether oxygens (including phenoxy) is 2. The van der Waals surface area contributed by atoms with E-state index >= 15 is 0 Å². The smallest absolute Gasteiger partial charge is 0.251 e. The van der Waals surface area contributed by atoms with Gasteiger partial charge in [-0.05, 0) is 28.8 Å². The highest BCUT2D eigenvalue weighted by Gasteiger charge is 2.32. The maximum Gasteiger partial charge on any atom is 0.251 e. The molecule has 1 saturated heterocycles. The minimum atomic E-state index is -0.538. The van der Waals surface area contributed by atoms with Crippen LogP contribution in [0.2, 0.25) is 0 Å². The van der Waals surface area contributed by atoms with Gasteiger partial charge in [0.05, 0.1) is 18.8 Å². The van der Waals surface area contributed by atoms with E-state index in [1.807, 2.05) is 78.3 Å². The summed E-state index contributed by atoms with van der Waals surface area (Å²) in [6.07, 6.45) is 1.62. The van der Waals surface area contributed by atoms with E-state index in [4.69, 9.17) is 9.47 Å². The van der Waals surface area contributed by atoms with E-state index in [0.29, 0.717) is 24.3 Å². The average molecular weight is 531 g/mol. The van der Waals surface area contributed by atoms with Gasteiger partial charge in [0, 0.05) is 36.9 Å². The standard InChI is InChI=1S/C29H30N4O4S/c1-33-19-31-32-29(33)38-18-25-15-26(22-11-9-21(17-34)10-12-22)37-28(36-25)24-13-7-20(8-14-24)16-30-27(35)23-5-3-2-4-6-23/h2-14,19,25-26,28,34H,15-18H2,1H3,(H,30,35)/t25-,26+,28+/m1/s1. The van der Waals surface area contributed by atoms with Crippen molar-refractivity contribution in [3.8, 4) is 0 Å². The van der Waals surface area contributed by atoms with Gasteiger partial charge < -0.3 is 24.5 Å². The lowest BCUT2D eigenvalue weighted by molar-refractivity contribution is -0.245. The number of amides is 1. The first-order chi connectivity index (χ1) is 18.6. The molecule has 1 amide bonds. The molecule has 0 unspecified atom stereocenters. The second-order valence-electron chi connectivity index (χ2n) is 9.18. The highest BCUT2D eigenvalue weighted by molar-refractivity contribution is 7.99. The van der Waals surface area contributed by atoms with E-state index < -0.39 is 6.29 Å². The lowest BCUT2D eigenvalue weighted by atomic mass is 10.0. The third-order valence-corrected chi connectivity index (χ3v) is 7.59. The highest BCUT2D eigenvalue weighted by atomic mass is 32.2. The Hall–Kier alpha value is -3.50. The number of nitrogens with one attached hydrogen (secondary N) is 1. The van der Waals surface area contributed by atoms with Crippen LogP contribution in [-0.4, -0.2) is 37.6 Å². The van der Waals surface area contributed by atoms with Crippen molar-refractivity contribution in [2.75, 3.05) is 5.75 Å². The summed E-state index contributed by atoms with van der Waals surface area (Å²) < 4.78 is 14.7. The van der Waals surface area contributed by atoms with Crippen molar-refractivity contribution >= 4 is 17.7 Å². The third kappa shape index (κ3) is 6.49. The fourth-order valence-corrected chi connectivity index (χ4v) is 5.17. The molecule has 1 fully saturated rings. The normalized spacial score (nSPS) is 19.3. The van der Waals surface area contributed by atoms with Crippen molar-refractivity contribution in [1.82, 2.24) is 20.1 Å². The first-order valence-electron chi connectivity index (χ1n) is 12.5. The zero-order chi connectivity index (χ0) is 26.3. The summed E-state index contributed by atoms with van der Waals surface area (Å²) >= 11 is 1.61. The summed E-state index contributed by atoms with van der Waals surface area (Å²) in [6, 6.07) is 25.0. The number of thioether (sulfide) groups is 1. The van der Waals surface area contributed by atoms with Gasteiger partial charge in [-0.25, -0.2) is 0 Å². The molecule has 1 aliphatic rings. The number of benzene rings is 3. The number of aliphatic hydroxyl groups excluding tert-OH is 1. The molecule has 0 bridgehead atoms. The van der Waals surface area contributed by atoms with Gasteiger partial charge in [0.1, 0.15) is 6.33 Å². The Morgan fingerprint density at radius 3 is 2.39 bits per heavy atom.